The van der Waals surface area contributed by atoms with E-state index in [4.69, 9.17) is 0 Å². The number of nitrogens with zero attached hydrogens (tertiary/aromatic N) is 2. The van der Waals surface area contributed by atoms with E-state index < -0.39 is 0 Å². The summed E-state index contributed by atoms with van der Waals surface area (Å²) in [5, 5.41) is 3.73. The zero-order chi connectivity index (χ0) is 16.8. The van der Waals surface area contributed by atoms with Crippen molar-refractivity contribution in [3.05, 3.63) is 40.7 Å². The molecule has 1 unspecified atom stereocenters. The van der Waals surface area contributed by atoms with Gasteiger partial charge in [0.15, 0.2) is 5.13 Å². The molecule has 0 aromatic carbocycles. The summed E-state index contributed by atoms with van der Waals surface area (Å²) in [5.41, 5.74) is 2.34. The van der Waals surface area contributed by atoms with Crippen LogP contribution in [0.3, 0.4) is 0 Å². The van der Waals surface area contributed by atoms with Gasteiger partial charge in [-0.15, -0.1) is 23.1 Å². The van der Waals surface area contributed by atoms with E-state index in [-0.39, 0.29) is 5.91 Å². The van der Waals surface area contributed by atoms with Crippen molar-refractivity contribution in [1.29, 1.82) is 0 Å². The lowest BCUT2D eigenvalue weighted by Gasteiger charge is -2.19. The van der Waals surface area contributed by atoms with Crippen LogP contribution in [0.4, 0.5) is 5.13 Å². The smallest absolute Gasteiger partial charge is 0.236 e. The van der Waals surface area contributed by atoms with Crippen molar-refractivity contribution in [2.45, 2.75) is 44.8 Å². The fourth-order valence-corrected chi connectivity index (χ4v) is 4.96. The first kappa shape index (κ1) is 17.4. The molecule has 0 spiro atoms. The molecule has 1 amide bonds. The Bertz CT molecular complexity index is 672. The van der Waals surface area contributed by atoms with Gasteiger partial charge in [0, 0.05) is 23.0 Å². The Morgan fingerprint density at radius 2 is 2.42 bits per heavy atom. The minimum absolute atomic E-state index is 0.0279. The van der Waals surface area contributed by atoms with Crippen molar-refractivity contribution in [3.63, 3.8) is 0 Å². The molecule has 0 aliphatic heterocycles. The number of amides is 1. The normalized spacial score (nSPS) is 16.6. The number of pyridine rings is 1. The number of carbonyl (C=O) groups is 1. The van der Waals surface area contributed by atoms with E-state index in [0.717, 1.165) is 35.2 Å². The zero-order valence-electron chi connectivity index (χ0n) is 14.0. The van der Waals surface area contributed by atoms with Gasteiger partial charge in [-0.05, 0) is 36.8 Å². The van der Waals surface area contributed by atoms with E-state index >= 15 is 0 Å². The van der Waals surface area contributed by atoms with E-state index in [1.165, 1.54) is 29.8 Å². The topological polar surface area (TPSA) is 54.9 Å². The van der Waals surface area contributed by atoms with Gasteiger partial charge in [-0.1, -0.05) is 25.8 Å². The minimum Gasteiger partial charge on any atom is -0.301 e. The molecule has 0 radical (unpaired) electrons. The molecule has 4 nitrogen and oxygen atoms in total. The van der Waals surface area contributed by atoms with E-state index in [1.54, 1.807) is 29.3 Å². The number of fused-ring (bicyclic) bond motifs is 1. The van der Waals surface area contributed by atoms with Gasteiger partial charge >= 0.3 is 0 Å². The van der Waals surface area contributed by atoms with Crippen LogP contribution in [0.15, 0.2) is 24.5 Å². The Balaban J connectivity index is 1.47. The van der Waals surface area contributed by atoms with Crippen LogP contribution in [0.2, 0.25) is 0 Å². The lowest BCUT2D eigenvalue weighted by molar-refractivity contribution is -0.113. The average molecular weight is 362 g/mol. The molecule has 0 bridgehead atoms. The van der Waals surface area contributed by atoms with Crippen molar-refractivity contribution in [2.24, 2.45) is 5.92 Å². The van der Waals surface area contributed by atoms with E-state index in [0.29, 0.717) is 5.75 Å². The molecule has 128 valence electrons. The highest BCUT2D eigenvalue weighted by Gasteiger charge is 2.22. The first-order valence-electron chi connectivity index (χ1n) is 8.49. The number of thiazole rings is 1. The summed E-state index contributed by atoms with van der Waals surface area (Å²) < 4.78 is 0. The monoisotopic (exact) mass is 361 g/mol. The molecule has 1 aliphatic carbocycles. The Kier molecular flexibility index (Phi) is 6.26. The molecule has 0 fully saturated rings. The molecule has 1 atom stereocenters. The zero-order valence-corrected chi connectivity index (χ0v) is 15.6. The number of aryl methyl sites for hydroxylation is 1. The van der Waals surface area contributed by atoms with Crippen LogP contribution in [-0.2, 0) is 23.4 Å². The molecule has 3 rings (SSSR count). The molecule has 2 aromatic rings. The Labute approximate surface area is 151 Å². The van der Waals surface area contributed by atoms with Gasteiger partial charge in [0.1, 0.15) is 0 Å². The third kappa shape index (κ3) is 4.80. The summed E-state index contributed by atoms with van der Waals surface area (Å²) in [6, 6.07) is 3.95. The van der Waals surface area contributed by atoms with Gasteiger partial charge in [0.25, 0.3) is 0 Å². The van der Waals surface area contributed by atoms with Gasteiger partial charge in [0.05, 0.1) is 11.4 Å². The molecular weight excluding hydrogens is 338 g/mol. The van der Waals surface area contributed by atoms with E-state index in [1.807, 2.05) is 18.3 Å². The molecule has 0 saturated heterocycles. The number of nitrogens with one attached hydrogen (secondary N) is 1. The lowest BCUT2D eigenvalue weighted by Crippen LogP contribution is -2.14. The molecular formula is C18H23N3OS2. The summed E-state index contributed by atoms with van der Waals surface area (Å²) in [4.78, 5) is 22.2. The third-order valence-corrected chi connectivity index (χ3v) is 6.25. The number of aromatic nitrogens is 2. The lowest BCUT2D eigenvalue weighted by atomic mass is 9.88. The van der Waals surface area contributed by atoms with Crippen molar-refractivity contribution in [2.75, 3.05) is 11.1 Å². The first-order chi connectivity index (χ1) is 11.7. The SMILES string of the molecule is CCCC1CCc2nc(NC(=O)CSCc3cccnc3)sc2C1. The van der Waals surface area contributed by atoms with Crippen LogP contribution in [-0.4, -0.2) is 21.6 Å². The number of carbonyl (C=O) groups excluding carboxylic acids is 1. The fourth-order valence-electron chi connectivity index (χ4n) is 3.05. The summed E-state index contributed by atoms with van der Waals surface area (Å²) in [7, 11) is 0. The van der Waals surface area contributed by atoms with Crippen molar-refractivity contribution < 1.29 is 4.79 Å². The maximum absolute atomic E-state index is 12.1. The van der Waals surface area contributed by atoms with Gasteiger partial charge in [0.2, 0.25) is 5.91 Å². The van der Waals surface area contributed by atoms with Gasteiger partial charge in [-0.2, -0.15) is 0 Å². The van der Waals surface area contributed by atoms with Crippen LogP contribution in [0.25, 0.3) is 0 Å². The second kappa shape index (κ2) is 8.62. The summed E-state index contributed by atoms with van der Waals surface area (Å²) in [5.74, 6) is 2.06. The van der Waals surface area contributed by atoms with Gasteiger partial charge in [-0.3, -0.25) is 9.78 Å². The Morgan fingerprint density at radius 3 is 3.21 bits per heavy atom. The van der Waals surface area contributed by atoms with E-state index in [2.05, 4.69) is 22.2 Å². The van der Waals surface area contributed by atoms with Crippen molar-refractivity contribution in [1.82, 2.24) is 9.97 Å². The second-order valence-corrected chi connectivity index (χ2v) is 8.26. The largest absolute Gasteiger partial charge is 0.301 e. The number of rotatable bonds is 7. The predicted octanol–water partition coefficient (Wildman–Crippen LogP) is 4.32. The molecule has 0 saturated carbocycles. The number of thioether (sulfide) groups is 1. The Morgan fingerprint density at radius 1 is 1.50 bits per heavy atom. The maximum atomic E-state index is 12.1. The summed E-state index contributed by atoms with van der Waals surface area (Å²) >= 11 is 3.26. The van der Waals surface area contributed by atoms with Crippen LogP contribution in [0.5, 0.6) is 0 Å². The maximum Gasteiger partial charge on any atom is 0.236 e. The second-order valence-electron chi connectivity index (χ2n) is 6.19. The standard InChI is InChI=1S/C18H23N3OS2/c1-2-4-13-6-7-15-16(9-13)24-18(20-15)21-17(22)12-23-11-14-5-3-8-19-10-14/h3,5,8,10,13H,2,4,6-7,9,11-12H2,1H3,(H,20,21,22). The highest BCUT2D eigenvalue weighted by Crippen LogP contribution is 2.34. The Hall–Kier alpha value is -1.40. The van der Waals surface area contributed by atoms with Gasteiger partial charge < -0.3 is 5.32 Å². The molecule has 6 heteroatoms. The number of hydrogen-bond donors (Lipinski definition) is 1. The van der Waals surface area contributed by atoms with Crippen LogP contribution in [0.1, 0.15) is 42.3 Å². The van der Waals surface area contributed by atoms with Gasteiger partial charge in [-0.25, -0.2) is 4.98 Å². The highest BCUT2D eigenvalue weighted by molar-refractivity contribution is 7.99. The van der Waals surface area contributed by atoms with Crippen molar-refractivity contribution >= 4 is 34.1 Å². The molecule has 1 N–H and O–H groups in total. The number of anilines is 1. The highest BCUT2D eigenvalue weighted by atomic mass is 32.2. The molecule has 24 heavy (non-hydrogen) atoms. The minimum atomic E-state index is 0.0279. The first-order valence-corrected chi connectivity index (χ1v) is 10.5. The molecule has 2 aromatic heterocycles. The summed E-state index contributed by atoms with van der Waals surface area (Å²) in [6.45, 7) is 2.25. The third-order valence-electron chi connectivity index (χ3n) is 4.21. The quantitative estimate of drug-likeness (QED) is 0.798. The van der Waals surface area contributed by atoms with E-state index in [9.17, 15) is 4.79 Å². The van der Waals surface area contributed by atoms with Crippen LogP contribution < -0.4 is 5.32 Å². The number of hydrogen-bond acceptors (Lipinski definition) is 5. The van der Waals surface area contributed by atoms with Crippen molar-refractivity contribution in [3.8, 4) is 0 Å². The van der Waals surface area contributed by atoms with Crippen LogP contribution in [0, 0.1) is 5.92 Å². The predicted molar refractivity (Wildman–Crippen MR) is 102 cm³/mol. The van der Waals surface area contributed by atoms with Crippen LogP contribution >= 0.6 is 23.1 Å². The molecule has 1 aliphatic rings. The summed E-state index contributed by atoms with van der Waals surface area (Å²) in [6.07, 6.45) is 9.57. The fraction of sp³-hybridized carbons (Fsp3) is 0.500. The average Bonchev–Trinajstić information content (AvgIpc) is 2.97. The molecule has 2 heterocycles.